The Bertz CT molecular complexity index is 2870. The summed E-state index contributed by atoms with van der Waals surface area (Å²) in [7, 11) is 0. The van der Waals surface area contributed by atoms with Crippen LogP contribution in [0.5, 0.6) is 0 Å². The van der Waals surface area contributed by atoms with Gasteiger partial charge in [0, 0.05) is 31.8 Å². The summed E-state index contributed by atoms with van der Waals surface area (Å²) in [6, 6.07) is 68.6. The summed E-state index contributed by atoms with van der Waals surface area (Å²) in [5.74, 6) is 0. The fraction of sp³-hybridized carbons (Fsp3) is 0. The molecule has 0 unspecified atom stereocenters. The SMILES string of the molecule is c1ccc(-c2ccccc2N(c2cccc3ccccc23)c2cccc3c2sc2c4ccccc4c(-c4cccc5ccccc45)cc32)cc1. The van der Waals surface area contributed by atoms with Gasteiger partial charge in [-0.25, -0.2) is 0 Å². The molecular formula is C48H31NS. The van der Waals surface area contributed by atoms with Crippen LogP contribution in [0.3, 0.4) is 0 Å². The molecule has 0 saturated heterocycles. The summed E-state index contributed by atoms with van der Waals surface area (Å²) in [6.07, 6.45) is 0. The van der Waals surface area contributed by atoms with E-state index in [2.05, 4.69) is 193 Å². The predicted octanol–water partition coefficient (Wildman–Crippen LogP) is 14.3. The smallest absolute Gasteiger partial charge is 0.0640 e. The highest BCUT2D eigenvalue weighted by Gasteiger charge is 2.23. The Balaban J connectivity index is 1.30. The van der Waals surface area contributed by atoms with Gasteiger partial charge in [0.05, 0.1) is 21.8 Å². The van der Waals surface area contributed by atoms with Gasteiger partial charge in [0.15, 0.2) is 0 Å². The molecule has 0 atom stereocenters. The van der Waals surface area contributed by atoms with Crippen molar-refractivity contribution in [1.29, 1.82) is 0 Å². The summed E-state index contributed by atoms with van der Waals surface area (Å²) in [6.45, 7) is 0. The highest BCUT2D eigenvalue weighted by molar-refractivity contribution is 7.27. The van der Waals surface area contributed by atoms with Crippen LogP contribution in [0.4, 0.5) is 17.1 Å². The number of benzene rings is 9. The van der Waals surface area contributed by atoms with Crippen molar-refractivity contribution in [3.63, 3.8) is 0 Å². The van der Waals surface area contributed by atoms with Crippen LogP contribution in [-0.2, 0) is 0 Å². The summed E-state index contributed by atoms with van der Waals surface area (Å²) in [4.78, 5) is 2.50. The van der Waals surface area contributed by atoms with E-state index >= 15 is 0 Å². The number of hydrogen-bond acceptors (Lipinski definition) is 2. The van der Waals surface area contributed by atoms with Gasteiger partial charge < -0.3 is 4.90 Å². The van der Waals surface area contributed by atoms with Crippen LogP contribution >= 0.6 is 11.3 Å². The van der Waals surface area contributed by atoms with Crippen molar-refractivity contribution < 1.29 is 0 Å². The third kappa shape index (κ3) is 4.53. The van der Waals surface area contributed by atoms with E-state index in [1.165, 1.54) is 80.4 Å². The van der Waals surface area contributed by atoms with Crippen LogP contribution < -0.4 is 4.90 Å². The van der Waals surface area contributed by atoms with Crippen molar-refractivity contribution in [2.24, 2.45) is 0 Å². The average Bonchev–Trinajstić information content (AvgIpc) is 3.58. The predicted molar refractivity (Wildman–Crippen MR) is 217 cm³/mol. The van der Waals surface area contributed by atoms with Gasteiger partial charge in [0.1, 0.15) is 0 Å². The lowest BCUT2D eigenvalue weighted by Gasteiger charge is -2.29. The Morgan fingerprint density at radius 3 is 1.66 bits per heavy atom. The van der Waals surface area contributed by atoms with Crippen molar-refractivity contribution in [2.75, 3.05) is 4.90 Å². The Morgan fingerprint density at radius 1 is 0.300 bits per heavy atom. The quantitative estimate of drug-likeness (QED) is 0.179. The molecule has 0 aliphatic heterocycles. The molecule has 1 nitrogen and oxygen atoms in total. The summed E-state index contributed by atoms with van der Waals surface area (Å²) >= 11 is 1.91. The molecule has 10 aromatic rings. The van der Waals surface area contributed by atoms with Gasteiger partial charge in [0.25, 0.3) is 0 Å². The molecule has 10 rings (SSSR count). The van der Waals surface area contributed by atoms with Crippen molar-refractivity contribution in [3.05, 3.63) is 188 Å². The minimum Gasteiger partial charge on any atom is -0.308 e. The average molecular weight is 654 g/mol. The van der Waals surface area contributed by atoms with E-state index in [0.29, 0.717) is 0 Å². The number of nitrogens with zero attached hydrogens (tertiary/aromatic N) is 1. The third-order valence-corrected chi connectivity index (χ3v) is 11.3. The summed E-state index contributed by atoms with van der Waals surface area (Å²) < 4.78 is 2.60. The maximum Gasteiger partial charge on any atom is 0.0640 e. The van der Waals surface area contributed by atoms with E-state index in [-0.39, 0.29) is 0 Å². The largest absolute Gasteiger partial charge is 0.308 e. The van der Waals surface area contributed by atoms with Crippen molar-refractivity contribution in [1.82, 2.24) is 0 Å². The normalized spacial score (nSPS) is 11.6. The highest BCUT2D eigenvalue weighted by Crippen LogP contribution is 2.50. The van der Waals surface area contributed by atoms with E-state index in [0.717, 1.165) is 11.4 Å². The van der Waals surface area contributed by atoms with Gasteiger partial charge in [-0.15, -0.1) is 11.3 Å². The second-order valence-corrected chi connectivity index (χ2v) is 13.9. The van der Waals surface area contributed by atoms with Gasteiger partial charge in [-0.2, -0.15) is 0 Å². The van der Waals surface area contributed by atoms with Gasteiger partial charge in [-0.1, -0.05) is 164 Å². The molecule has 0 radical (unpaired) electrons. The van der Waals surface area contributed by atoms with Crippen molar-refractivity contribution >= 4 is 80.9 Å². The maximum atomic E-state index is 2.50. The molecule has 0 spiro atoms. The van der Waals surface area contributed by atoms with E-state index in [1.54, 1.807) is 0 Å². The second-order valence-electron chi connectivity index (χ2n) is 12.8. The van der Waals surface area contributed by atoms with Crippen molar-refractivity contribution in [3.8, 4) is 22.3 Å². The lowest BCUT2D eigenvalue weighted by atomic mass is 9.92. The van der Waals surface area contributed by atoms with Crippen LogP contribution in [0.25, 0.3) is 74.7 Å². The van der Waals surface area contributed by atoms with Gasteiger partial charge >= 0.3 is 0 Å². The van der Waals surface area contributed by atoms with Crippen LogP contribution in [0.2, 0.25) is 0 Å². The molecule has 234 valence electrons. The number of rotatable bonds is 5. The standard InChI is InChI=1S/C48H31NS/c1-2-15-33(16-3-1)36-23-10-11-28-44(36)49(45-29-13-20-34-18-5-7-22-37(34)45)46-30-14-27-41-43-31-42(38-26-12-19-32-17-4-6-21-35(32)38)39-24-8-9-25-40(39)47(43)50-48(41)46/h1-31H. The fourth-order valence-corrected chi connectivity index (χ4v) is 9.11. The first kappa shape index (κ1) is 28.8. The van der Waals surface area contributed by atoms with E-state index in [1.807, 2.05) is 11.3 Å². The van der Waals surface area contributed by atoms with Gasteiger partial charge in [0.2, 0.25) is 0 Å². The Morgan fingerprint density at radius 2 is 0.820 bits per heavy atom. The maximum absolute atomic E-state index is 2.50. The molecule has 0 saturated carbocycles. The molecule has 1 aromatic heterocycles. The van der Waals surface area contributed by atoms with Gasteiger partial charge in [-0.05, 0) is 62.5 Å². The van der Waals surface area contributed by atoms with E-state index in [4.69, 9.17) is 0 Å². The molecule has 50 heavy (non-hydrogen) atoms. The second kappa shape index (κ2) is 11.7. The number of para-hydroxylation sites is 1. The minimum absolute atomic E-state index is 1.15. The highest BCUT2D eigenvalue weighted by atomic mass is 32.1. The molecule has 0 N–H and O–H groups in total. The Kier molecular flexibility index (Phi) is 6.75. The zero-order valence-corrected chi connectivity index (χ0v) is 28.1. The monoisotopic (exact) mass is 653 g/mol. The molecule has 2 heteroatoms. The zero-order valence-electron chi connectivity index (χ0n) is 27.3. The molecule has 0 aliphatic rings. The van der Waals surface area contributed by atoms with Gasteiger partial charge in [-0.3, -0.25) is 0 Å². The zero-order chi connectivity index (χ0) is 33.0. The molecule has 0 aliphatic carbocycles. The van der Waals surface area contributed by atoms with Crippen LogP contribution in [0.1, 0.15) is 0 Å². The summed E-state index contributed by atoms with van der Waals surface area (Å²) in [5, 5.41) is 10.1. The van der Waals surface area contributed by atoms with Crippen LogP contribution in [0.15, 0.2) is 188 Å². The molecular weight excluding hydrogens is 623 g/mol. The fourth-order valence-electron chi connectivity index (χ4n) is 7.79. The van der Waals surface area contributed by atoms with Crippen molar-refractivity contribution in [2.45, 2.75) is 0 Å². The first-order valence-electron chi connectivity index (χ1n) is 17.1. The number of hydrogen-bond donors (Lipinski definition) is 0. The number of fused-ring (bicyclic) bond motifs is 7. The molecule has 0 amide bonds. The first-order valence-corrected chi connectivity index (χ1v) is 17.9. The Hall–Kier alpha value is -6.22. The lowest BCUT2D eigenvalue weighted by Crippen LogP contribution is -2.11. The minimum atomic E-state index is 1.15. The first-order chi connectivity index (χ1) is 24.8. The third-order valence-electron chi connectivity index (χ3n) is 10.0. The number of thiophene rings is 1. The Labute approximate surface area is 294 Å². The lowest BCUT2D eigenvalue weighted by molar-refractivity contribution is 1.32. The molecule has 0 fully saturated rings. The molecule has 0 bridgehead atoms. The van der Waals surface area contributed by atoms with E-state index in [9.17, 15) is 0 Å². The van der Waals surface area contributed by atoms with E-state index < -0.39 is 0 Å². The summed E-state index contributed by atoms with van der Waals surface area (Å²) in [5.41, 5.74) is 8.44. The van der Waals surface area contributed by atoms with Crippen LogP contribution in [0, 0.1) is 0 Å². The topological polar surface area (TPSA) is 3.24 Å². The molecule has 9 aromatic carbocycles. The molecule has 1 heterocycles. The number of anilines is 3. The van der Waals surface area contributed by atoms with Crippen LogP contribution in [-0.4, -0.2) is 0 Å².